The first-order valence-electron chi connectivity index (χ1n) is 5.74. The topological polar surface area (TPSA) is 101 Å². The number of hydrogen-bond donors (Lipinski definition) is 3. The molecule has 0 aliphatic carbocycles. The van der Waals surface area contributed by atoms with Gasteiger partial charge in [0.15, 0.2) is 5.03 Å². The fourth-order valence-electron chi connectivity index (χ4n) is 1.73. The SMILES string of the molecule is CCC(CC)C(N)CNS(=O)(=O)c1cnc[nH]1. The van der Waals surface area contributed by atoms with Gasteiger partial charge in [-0.15, -0.1) is 0 Å². The minimum Gasteiger partial charge on any atom is -0.335 e. The van der Waals surface area contributed by atoms with Crippen LogP contribution >= 0.6 is 0 Å². The third-order valence-corrected chi connectivity index (χ3v) is 4.27. The minimum atomic E-state index is -3.51. The highest BCUT2D eigenvalue weighted by Gasteiger charge is 2.19. The van der Waals surface area contributed by atoms with Crippen molar-refractivity contribution in [1.29, 1.82) is 0 Å². The number of sulfonamides is 1. The molecule has 4 N–H and O–H groups in total. The van der Waals surface area contributed by atoms with Gasteiger partial charge in [-0.05, 0) is 5.92 Å². The van der Waals surface area contributed by atoms with E-state index in [4.69, 9.17) is 5.73 Å². The number of H-pyrrole nitrogens is 1. The van der Waals surface area contributed by atoms with Gasteiger partial charge in [0.1, 0.15) is 0 Å². The lowest BCUT2D eigenvalue weighted by molar-refractivity contribution is 0.392. The Bertz CT molecular complexity index is 412. The quantitative estimate of drug-likeness (QED) is 0.662. The molecule has 1 heterocycles. The Hall–Kier alpha value is -0.920. The molecule has 0 aliphatic rings. The summed E-state index contributed by atoms with van der Waals surface area (Å²) in [6, 6.07) is -0.164. The molecule has 0 amide bonds. The van der Waals surface area contributed by atoms with E-state index in [0.717, 1.165) is 12.8 Å². The van der Waals surface area contributed by atoms with Crippen molar-refractivity contribution < 1.29 is 8.42 Å². The Balaban J connectivity index is 2.56. The molecule has 0 saturated carbocycles. The van der Waals surface area contributed by atoms with Crippen LogP contribution in [0.25, 0.3) is 0 Å². The molecule has 6 nitrogen and oxygen atoms in total. The van der Waals surface area contributed by atoms with E-state index in [1.165, 1.54) is 12.5 Å². The van der Waals surface area contributed by atoms with E-state index in [-0.39, 0.29) is 17.6 Å². The van der Waals surface area contributed by atoms with Crippen molar-refractivity contribution in [2.24, 2.45) is 11.7 Å². The fraction of sp³-hybridized carbons (Fsp3) is 0.700. The predicted molar refractivity (Wildman–Crippen MR) is 65.8 cm³/mol. The van der Waals surface area contributed by atoms with E-state index in [1.54, 1.807) is 0 Å². The van der Waals surface area contributed by atoms with Crippen LogP contribution in [0.4, 0.5) is 0 Å². The summed E-state index contributed by atoms with van der Waals surface area (Å²) in [6.07, 6.45) is 4.49. The average Bonchev–Trinajstić information content (AvgIpc) is 2.82. The maximum atomic E-state index is 11.8. The molecule has 0 aromatic carbocycles. The molecule has 1 aromatic rings. The molecule has 1 rings (SSSR count). The molecular weight excluding hydrogens is 240 g/mol. The van der Waals surface area contributed by atoms with Crippen LogP contribution in [0, 0.1) is 5.92 Å². The van der Waals surface area contributed by atoms with E-state index < -0.39 is 10.0 Å². The third-order valence-electron chi connectivity index (χ3n) is 2.93. The van der Waals surface area contributed by atoms with Gasteiger partial charge < -0.3 is 10.7 Å². The Labute approximate surface area is 102 Å². The summed E-state index contributed by atoms with van der Waals surface area (Å²) in [5.74, 6) is 0.333. The highest BCUT2D eigenvalue weighted by molar-refractivity contribution is 7.89. The van der Waals surface area contributed by atoms with Gasteiger partial charge in [-0.1, -0.05) is 26.7 Å². The largest absolute Gasteiger partial charge is 0.335 e. The first-order valence-corrected chi connectivity index (χ1v) is 7.23. The number of aromatic nitrogens is 2. The van der Waals surface area contributed by atoms with E-state index in [0.29, 0.717) is 5.92 Å². The van der Waals surface area contributed by atoms with Crippen molar-refractivity contribution in [3.63, 3.8) is 0 Å². The zero-order valence-corrected chi connectivity index (χ0v) is 11.0. The number of hydrogen-bond acceptors (Lipinski definition) is 4. The second-order valence-electron chi connectivity index (χ2n) is 4.01. The zero-order valence-electron chi connectivity index (χ0n) is 10.2. The van der Waals surface area contributed by atoms with Gasteiger partial charge in [0.25, 0.3) is 10.0 Å². The average molecular weight is 260 g/mol. The minimum absolute atomic E-state index is 0.0641. The molecule has 0 radical (unpaired) electrons. The van der Waals surface area contributed by atoms with Crippen LogP contribution in [0.5, 0.6) is 0 Å². The molecule has 1 atom stereocenters. The highest BCUT2D eigenvalue weighted by Crippen LogP contribution is 2.11. The molecule has 98 valence electrons. The normalized spacial score (nSPS) is 14.1. The number of nitrogens with two attached hydrogens (primary N) is 1. The molecule has 1 aromatic heterocycles. The van der Waals surface area contributed by atoms with Gasteiger partial charge in [-0.3, -0.25) is 0 Å². The van der Waals surface area contributed by atoms with Crippen molar-refractivity contribution in [3.05, 3.63) is 12.5 Å². The van der Waals surface area contributed by atoms with Crippen molar-refractivity contribution in [3.8, 4) is 0 Å². The summed E-state index contributed by atoms with van der Waals surface area (Å²) in [5.41, 5.74) is 5.95. The first kappa shape index (κ1) is 14.1. The van der Waals surface area contributed by atoms with E-state index in [2.05, 4.69) is 28.5 Å². The van der Waals surface area contributed by atoms with Crippen molar-refractivity contribution in [1.82, 2.24) is 14.7 Å². The van der Waals surface area contributed by atoms with Crippen LogP contribution in [0.2, 0.25) is 0 Å². The Morgan fingerprint density at radius 1 is 1.47 bits per heavy atom. The van der Waals surface area contributed by atoms with Gasteiger partial charge in [0.2, 0.25) is 0 Å². The lowest BCUT2D eigenvalue weighted by Gasteiger charge is -2.21. The van der Waals surface area contributed by atoms with Gasteiger partial charge in [0.05, 0.1) is 12.5 Å². The van der Waals surface area contributed by atoms with Gasteiger partial charge in [0, 0.05) is 12.6 Å². The predicted octanol–water partition coefficient (Wildman–Crippen LogP) is 0.452. The van der Waals surface area contributed by atoms with Gasteiger partial charge in [-0.25, -0.2) is 18.1 Å². The number of imidazole rings is 1. The Morgan fingerprint density at radius 2 is 2.12 bits per heavy atom. The van der Waals surface area contributed by atoms with Crippen LogP contribution in [0.3, 0.4) is 0 Å². The summed E-state index contributed by atoms with van der Waals surface area (Å²) in [6.45, 7) is 4.35. The molecule has 0 aliphatic heterocycles. The van der Waals surface area contributed by atoms with Crippen molar-refractivity contribution >= 4 is 10.0 Å². The summed E-state index contributed by atoms with van der Waals surface area (Å²) in [7, 11) is -3.51. The van der Waals surface area contributed by atoms with Crippen LogP contribution in [-0.4, -0.2) is 31.0 Å². The molecule has 0 spiro atoms. The summed E-state index contributed by atoms with van der Waals surface area (Å²) in [4.78, 5) is 6.23. The molecule has 1 unspecified atom stereocenters. The smallest absolute Gasteiger partial charge is 0.257 e. The summed E-state index contributed by atoms with van der Waals surface area (Å²) in [5, 5.41) is 0.0641. The van der Waals surface area contributed by atoms with Crippen LogP contribution in [0.1, 0.15) is 26.7 Å². The lowest BCUT2D eigenvalue weighted by Crippen LogP contribution is -2.41. The summed E-state index contributed by atoms with van der Waals surface area (Å²) >= 11 is 0. The first-order chi connectivity index (χ1) is 8.01. The zero-order chi connectivity index (χ0) is 12.9. The van der Waals surface area contributed by atoms with Crippen LogP contribution in [-0.2, 0) is 10.0 Å². The monoisotopic (exact) mass is 260 g/mol. The highest BCUT2D eigenvalue weighted by atomic mass is 32.2. The second kappa shape index (κ2) is 6.13. The Kier molecular flexibility index (Phi) is 5.10. The van der Waals surface area contributed by atoms with E-state index >= 15 is 0 Å². The number of nitrogens with zero attached hydrogens (tertiary/aromatic N) is 1. The second-order valence-corrected chi connectivity index (χ2v) is 5.74. The van der Waals surface area contributed by atoms with Gasteiger partial charge in [-0.2, -0.15) is 0 Å². The molecule has 0 fully saturated rings. The van der Waals surface area contributed by atoms with Gasteiger partial charge >= 0.3 is 0 Å². The molecule has 7 heteroatoms. The summed E-state index contributed by atoms with van der Waals surface area (Å²) < 4.78 is 26.0. The van der Waals surface area contributed by atoms with Crippen LogP contribution < -0.4 is 10.5 Å². The lowest BCUT2D eigenvalue weighted by atomic mass is 9.95. The number of rotatable bonds is 7. The third kappa shape index (κ3) is 3.79. The fourth-order valence-corrected chi connectivity index (χ4v) is 2.71. The molecule has 0 saturated heterocycles. The van der Waals surface area contributed by atoms with Crippen molar-refractivity contribution in [2.45, 2.75) is 37.8 Å². The standard InChI is InChI=1S/C10H20N4O2S/c1-3-8(4-2)9(11)5-14-17(15,16)10-6-12-7-13-10/h6-9,14H,3-5,11H2,1-2H3,(H,12,13). The molecular formula is C10H20N4O2S. The molecule has 0 bridgehead atoms. The number of aromatic amines is 1. The van der Waals surface area contributed by atoms with Crippen LogP contribution in [0.15, 0.2) is 17.6 Å². The van der Waals surface area contributed by atoms with Crippen molar-refractivity contribution in [2.75, 3.05) is 6.54 Å². The maximum absolute atomic E-state index is 11.8. The molecule has 17 heavy (non-hydrogen) atoms. The van der Waals surface area contributed by atoms with E-state index in [1.807, 2.05) is 0 Å². The van der Waals surface area contributed by atoms with E-state index in [9.17, 15) is 8.42 Å². The maximum Gasteiger partial charge on any atom is 0.257 e. The Morgan fingerprint density at radius 3 is 2.59 bits per heavy atom. The number of nitrogens with one attached hydrogen (secondary N) is 2.